The van der Waals surface area contributed by atoms with Gasteiger partial charge in [0.2, 0.25) is 0 Å². The van der Waals surface area contributed by atoms with E-state index < -0.39 is 0 Å². The maximum Gasteiger partial charge on any atom is 0.00793 e. The largest absolute Gasteiger partial charge is 0.0587 e. The SMILES string of the molecule is Cc1cc[c]c(C(C)c2[c]cc[c]c2C(C)C)c1C(C)C. The van der Waals surface area contributed by atoms with Gasteiger partial charge >= 0.3 is 0 Å². The molecule has 2 aromatic rings. The average Bonchev–Trinajstić information content (AvgIpc) is 2.45. The fraction of sp³-hybridized carbons (Fsp3) is 0.429. The first-order valence-electron chi connectivity index (χ1n) is 7.86. The number of benzene rings is 2. The van der Waals surface area contributed by atoms with Crippen LogP contribution < -0.4 is 0 Å². The zero-order valence-corrected chi connectivity index (χ0v) is 14.0. The number of hydrogen-bond acceptors (Lipinski definition) is 0. The summed E-state index contributed by atoms with van der Waals surface area (Å²) in [6.45, 7) is 13.4. The Hall–Kier alpha value is -1.56. The van der Waals surface area contributed by atoms with Gasteiger partial charge in [0.1, 0.15) is 0 Å². The minimum absolute atomic E-state index is 0.303. The van der Waals surface area contributed by atoms with Crippen molar-refractivity contribution >= 4 is 0 Å². The summed E-state index contributed by atoms with van der Waals surface area (Å²) in [6.07, 6.45) is 0. The van der Waals surface area contributed by atoms with Gasteiger partial charge in [-0.05, 0) is 64.8 Å². The van der Waals surface area contributed by atoms with Crippen LogP contribution in [0.4, 0.5) is 0 Å². The number of hydrogen-bond donors (Lipinski definition) is 0. The third kappa shape index (κ3) is 3.20. The van der Waals surface area contributed by atoms with Crippen LogP contribution in [-0.2, 0) is 0 Å². The summed E-state index contributed by atoms with van der Waals surface area (Å²) in [4.78, 5) is 0. The predicted octanol–water partition coefficient (Wildman–Crippen LogP) is 5.79. The molecule has 1 atom stereocenters. The van der Waals surface area contributed by atoms with E-state index in [0.29, 0.717) is 17.8 Å². The Kier molecular flexibility index (Phi) is 4.88. The molecule has 0 amide bonds. The highest BCUT2D eigenvalue weighted by molar-refractivity contribution is 5.44. The van der Waals surface area contributed by atoms with Crippen molar-refractivity contribution in [2.75, 3.05) is 0 Å². The third-order valence-electron chi connectivity index (χ3n) is 4.16. The molecule has 3 radical (unpaired) electrons. The van der Waals surface area contributed by atoms with E-state index in [1.54, 1.807) is 0 Å². The fourth-order valence-electron chi connectivity index (χ4n) is 3.16. The molecule has 0 aliphatic rings. The lowest BCUT2D eigenvalue weighted by atomic mass is 9.81. The Morgan fingerprint density at radius 3 is 1.86 bits per heavy atom. The van der Waals surface area contributed by atoms with Gasteiger partial charge in [0.05, 0.1) is 0 Å². The molecule has 2 rings (SSSR count). The highest BCUT2D eigenvalue weighted by Gasteiger charge is 2.19. The van der Waals surface area contributed by atoms with Gasteiger partial charge in [-0.3, -0.25) is 0 Å². The van der Waals surface area contributed by atoms with Crippen molar-refractivity contribution in [1.82, 2.24) is 0 Å². The van der Waals surface area contributed by atoms with Gasteiger partial charge < -0.3 is 0 Å². The summed E-state index contributed by atoms with van der Waals surface area (Å²) >= 11 is 0. The molecule has 0 spiro atoms. The van der Waals surface area contributed by atoms with Crippen LogP contribution in [0.2, 0.25) is 0 Å². The predicted molar refractivity (Wildman–Crippen MR) is 89.8 cm³/mol. The van der Waals surface area contributed by atoms with Crippen LogP contribution in [0.25, 0.3) is 0 Å². The minimum Gasteiger partial charge on any atom is -0.0587 e. The van der Waals surface area contributed by atoms with Crippen molar-refractivity contribution in [3.8, 4) is 0 Å². The first kappa shape index (κ1) is 15.8. The van der Waals surface area contributed by atoms with Crippen molar-refractivity contribution in [3.63, 3.8) is 0 Å². The molecule has 21 heavy (non-hydrogen) atoms. The highest BCUT2D eigenvalue weighted by atomic mass is 14.2. The van der Waals surface area contributed by atoms with Gasteiger partial charge in [-0.15, -0.1) is 0 Å². The fourth-order valence-corrected chi connectivity index (χ4v) is 3.16. The van der Waals surface area contributed by atoms with Crippen molar-refractivity contribution in [2.24, 2.45) is 0 Å². The molecule has 0 fully saturated rings. The van der Waals surface area contributed by atoms with Gasteiger partial charge in [-0.2, -0.15) is 0 Å². The van der Waals surface area contributed by atoms with Crippen LogP contribution in [0.3, 0.4) is 0 Å². The van der Waals surface area contributed by atoms with Gasteiger partial charge in [-0.25, -0.2) is 0 Å². The summed E-state index contributed by atoms with van der Waals surface area (Å²) in [5, 5.41) is 0. The Bertz CT molecular complexity index is 605. The summed E-state index contributed by atoms with van der Waals surface area (Å²) in [7, 11) is 0. The summed E-state index contributed by atoms with van der Waals surface area (Å²) in [6, 6.07) is 18.5. The Morgan fingerprint density at radius 1 is 0.714 bits per heavy atom. The molecule has 0 saturated heterocycles. The number of rotatable bonds is 4. The van der Waals surface area contributed by atoms with Crippen LogP contribution in [0.15, 0.2) is 24.3 Å². The number of aryl methyl sites for hydroxylation is 1. The molecule has 0 aromatic heterocycles. The molecular formula is C21H25. The molecule has 0 heterocycles. The van der Waals surface area contributed by atoms with E-state index in [1.165, 1.54) is 27.8 Å². The van der Waals surface area contributed by atoms with E-state index in [0.717, 1.165) is 0 Å². The topological polar surface area (TPSA) is 0 Å². The Labute approximate surface area is 130 Å². The zero-order valence-electron chi connectivity index (χ0n) is 14.0. The second-order valence-electron chi connectivity index (χ2n) is 6.47. The molecule has 0 bridgehead atoms. The van der Waals surface area contributed by atoms with Crippen molar-refractivity contribution < 1.29 is 0 Å². The maximum atomic E-state index is 3.49. The lowest BCUT2D eigenvalue weighted by Gasteiger charge is -2.23. The first-order valence-corrected chi connectivity index (χ1v) is 7.86. The second kappa shape index (κ2) is 6.47. The van der Waals surface area contributed by atoms with Crippen LogP contribution in [0, 0.1) is 25.1 Å². The van der Waals surface area contributed by atoms with Crippen molar-refractivity contribution in [3.05, 3.63) is 70.3 Å². The van der Waals surface area contributed by atoms with E-state index in [9.17, 15) is 0 Å². The van der Waals surface area contributed by atoms with Gasteiger partial charge in [0, 0.05) is 5.92 Å². The van der Waals surface area contributed by atoms with Crippen molar-refractivity contribution in [1.29, 1.82) is 0 Å². The van der Waals surface area contributed by atoms with E-state index in [-0.39, 0.29) is 0 Å². The molecule has 1 unspecified atom stereocenters. The standard InChI is InChI=1S/C21H25/c1-14(2)18-11-7-8-12-19(18)17(6)20-13-9-10-16(5)21(20)15(3)4/h7-10,14-15,17H,1-6H3. The van der Waals surface area contributed by atoms with Gasteiger partial charge in [-0.1, -0.05) is 58.9 Å². The first-order chi connectivity index (χ1) is 9.93. The van der Waals surface area contributed by atoms with Gasteiger partial charge in [0.25, 0.3) is 0 Å². The van der Waals surface area contributed by atoms with Crippen LogP contribution >= 0.6 is 0 Å². The molecule has 2 aromatic carbocycles. The van der Waals surface area contributed by atoms with Crippen LogP contribution in [0.1, 0.15) is 80.2 Å². The third-order valence-corrected chi connectivity index (χ3v) is 4.16. The monoisotopic (exact) mass is 277 g/mol. The molecule has 109 valence electrons. The Morgan fingerprint density at radius 2 is 1.29 bits per heavy atom. The van der Waals surface area contributed by atoms with Crippen molar-refractivity contribution in [2.45, 2.75) is 59.3 Å². The maximum absolute atomic E-state index is 3.49. The molecule has 0 N–H and O–H groups in total. The van der Waals surface area contributed by atoms with E-state index in [2.05, 4.69) is 71.9 Å². The lowest BCUT2D eigenvalue weighted by molar-refractivity contribution is 0.776. The smallest absolute Gasteiger partial charge is 0.00793 e. The molecule has 0 heteroatoms. The van der Waals surface area contributed by atoms with E-state index >= 15 is 0 Å². The van der Waals surface area contributed by atoms with E-state index in [4.69, 9.17) is 0 Å². The van der Waals surface area contributed by atoms with Crippen LogP contribution in [0.5, 0.6) is 0 Å². The lowest BCUT2D eigenvalue weighted by Crippen LogP contribution is -2.08. The molecule has 0 saturated carbocycles. The van der Waals surface area contributed by atoms with E-state index in [1.807, 2.05) is 12.1 Å². The molecule has 0 aliphatic heterocycles. The highest BCUT2D eigenvalue weighted by Crippen LogP contribution is 2.35. The van der Waals surface area contributed by atoms with Crippen LogP contribution in [-0.4, -0.2) is 0 Å². The quantitative estimate of drug-likeness (QED) is 0.663. The second-order valence-corrected chi connectivity index (χ2v) is 6.47. The molecular weight excluding hydrogens is 252 g/mol. The zero-order chi connectivity index (χ0) is 15.6. The van der Waals surface area contributed by atoms with Gasteiger partial charge in [0.15, 0.2) is 0 Å². The average molecular weight is 277 g/mol. The normalized spacial score (nSPS) is 13.0. The summed E-state index contributed by atoms with van der Waals surface area (Å²) in [5.41, 5.74) is 6.63. The minimum atomic E-state index is 0.303. The molecule has 0 nitrogen and oxygen atoms in total. The summed E-state index contributed by atoms with van der Waals surface area (Å²) in [5.74, 6) is 1.28. The Balaban J connectivity index is 2.56. The summed E-state index contributed by atoms with van der Waals surface area (Å²) < 4.78 is 0. The molecule has 0 aliphatic carbocycles.